The first kappa shape index (κ1) is 12.0. The van der Waals surface area contributed by atoms with Crippen molar-refractivity contribution in [1.29, 1.82) is 0 Å². The van der Waals surface area contributed by atoms with E-state index in [4.69, 9.17) is 0 Å². The lowest BCUT2D eigenvalue weighted by Gasteiger charge is -2.23. The van der Waals surface area contributed by atoms with E-state index in [2.05, 4.69) is 25.1 Å². The molecule has 1 aromatic rings. The van der Waals surface area contributed by atoms with E-state index in [1.165, 1.54) is 11.1 Å². The second-order valence-corrected chi connectivity index (χ2v) is 4.12. The van der Waals surface area contributed by atoms with Crippen LogP contribution in [0, 0.1) is 6.92 Å². The van der Waals surface area contributed by atoms with Crippen molar-refractivity contribution >= 4 is 0 Å². The van der Waals surface area contributed by atoms with Crippen LogP contribution in [0.25, 0.3) is 0 Å². The Balaban J connectivity index is 2.83. The molecule has 0 bridgehead atoms. The Labute approximate surface area is 92.5 Å². The van der Waals surface area contributed by atoms with Gasteiger partial charge in [0.1, 0.15) is 0 Å². The van der Waals surface area contributed by atoms with Crippen LogP contribution in [-0.2, 0) is 6.42 Å². The molecule has 0 spiro atoms. The van der Waals surface area contributed by atoms with Crippen molar-refractivity contribution in [3.8, 4) is 0 Å². The van der Waals surface area contributed by atoms with Gasteiger partial charge < -0.3 is 5.11 Å². The van der Waals surface area contributed by atoms with Crippen LogP contribution in [0.3, 0.4) is 0 Å². The predicted octanol–water partition coefficient (Wildman–Crippen LogP) is 3.25. The smallest absolute Gasteiger partial charge is 0.0865 e. The summed E-state index contributed by atoms with van der Waals surface area (Å²) in [5.41, 5.74) is 1.74. The van der Waals surface area contributed by atoms with E-state index in [1.54, 1.807) is 0 Å². The highest BCUT2D eigenvalue weighted by Crippen LogP contribution is 2.19. The van der Waals surface area contributed by atoms with Gasteiger partial charge in [0.25, 0.3) is 0 Å². The number of aliphatic hydroxyl groups is 1. The minimum atomic E-state index is -0.692. The van der Waals surface area contributed by atoms with E-state index in [-0.39, 0.29) is 0 Å². The molecule has 1 N–H and O–H groups in total. The molecule has 0 amide bonds. The fraction of sp³-hybridized carbons (Fsp3) is 0.429. The van der Waals surface area contributed by atoms with E-state index in [0.717, 1.165) is 6.42 Å². The summed E-state index contributed by atoms with van der Waals surface area (Å²) in [6.07, 6.45) is 5.23. The molecule has 0 saturated carbocycles. The Kier molecular flexibility index (Phi) is 4.10. The normalized spacial score (nSPS) is 15.5. The Morgan fingerprint density at radius 3 is 2.67 bits per heavy atom. The highest BCUT2D eigenvalue weighted by atomic mass is 16.3. The monoisotopic (exact) mass is 204 g/mol. The highest BCUT2D eigenvalue weighted by molar-refractivity contribution is 5.25. The third-order valence-corrected chi connectivity index (χ3v) is 2.68. The first-order valence-electron chi connectivity index (χ1n) is 5.51. The summed E-state index contributed by atoms with van der Waals surface area (Å²) in [5, 5.41) is 10.3. The van der Waals surface area contributed by atoms with E-state index in [0.29, 0.717) is 6.42 Å². The third kappa shape index (κ3) is 3.52. The first-order valence-corrected chi connectivity index (χ1v) is 5.51. The maximum Gasteiger partial charge on any atom is 0.0865 e. The number of hydrogen-bond acceptors (Lipinski definition) is 1. The number of allylic oxidation sites excluding steroid dienone is 1. The number of benzene rings is 1. The molecule has 0 heterocycles. The molecule has 0 saturated heterocycles. The summed E-state index contributed by atoms with van der Waals surface area (Å²) in [4.78, 5) is 0. The summed E-state index contributed by atoms with van der Waals surface area (Å²) < 4.78 is 0. The van der Waals surface area contributed by atoms with Crippen molar-refractivity contribution in [3.63, 3.8) is 0 Å². The van der Waals surface area contributed by atoms with Crippen molar-refractivity contribution in [2.75, 3.05) is 0 Å². The number of rotatable bonds is 4. The molecule has 0 fully saturated rings. The fourth-order valence-corrected chi connectivity index (χ4v) is 1.79. The van der Waals surface area contributed by atoms with Gasteiger partial charge in [0.2, 0.25) is 0 Å². The maximum absolute atomic E-state index is 10.3. The van der Waals surface area contributed by atoms with Crippen molar-refractivity contribution in [2.24, 2.45) is 0 Å². The van der Waals surface area contributed by atoms with E-state index < -0.39 is 5.60 Å². The predicted molar refractivity (Wildman–Crippen MR) is 64.9 cm³/mol. The summed E-state index contributed by atoms with van der Waals surface area (Å²) in [6, 6.07) is 8.31. The maximum atomic E-state index is 10.3. The zero-order valence-electron chi connectivity index (χ0n) is 9.83. The van der Waals surface area contributed by atoms with Gasteiger partial charge in [0.15, 0.2) is 0 Å². The summed E-state index contributed by atoms with van der Waals surface area (Å²) in [7, 11) is 0. The second kappa shape index (κ2) is 5.13. The Bertz CT molecular complexity index is 341. The third-order valence-electron chi connectivity index (χ3n) is 2.68. The topological polar surface area (TPSA) is 20.2 Å². The van der Waals surface area contributed by atoms with Gasteiger partial charge in [0.05, 0.1) is 5.60 Å². The van der Waals surface area contributed by atoms with Crippen LogP contribution in [0.15, 0.2) is 36.4 Å². The molecule has 82 valence electrons. The average molecular weight is 204 g/mol. The molecule has 1 aromatic carbocycles. The van der Waals surface area contributed by atoms with Gasteiger partial charge in [-0.15, -0.1) is 0 Å². The van der Waals surface area contributed by atoms with E-state index in [1.807, 2.05) is 32.1 Å². The quantitative estimate of drug-likeness (QED) is 0.746. The Morgan fingerprint density at radius 2 is 2.13 bits per heavy atom. The zero-order valence-corrected chi connectivity index (χ0v) is 9.83. The molecule has 0 radical (unpaired) electrons. The Morgan fingerprint density at radius 1 is 1.40 bits per heavy atom. The molecule has 0 aliphatic carbocycles. The van der Waals surface area contributed by atoms with Gasteiger partial charge in [-0.2, -0.15) is 0 Å². The molecule has 1 nitrogen and oxygen atoms in total. The van der Waals surface area contributed by atoms with Crippen molar-refractivity contribution in [1.82, 2.24) is 0 Å². The van der Waals surface area contributed by atoms with Crippen LogP contribution in [0.5, 0.6) is 0 Å². The van der Waals surface area contributed by atoms with Crippen molar-refractivity contribution in [2.45, 2.75) is 39.2 Å². The molecule has 1 unspecified atom stereocenters. The van der Waals surface area contributed by atoms with E-state index >= 15 is 0 Å². The lowest BCUT2D eigenvalue weighted by molar-refractivity contribution is 0.0871. The van der Waals surface area contributed by atoms with Gasteiger partial charge in [-0.25, -0.2) is 0 Å². The lowest BCUT2D eigenvalue weighted by Crippen LogP contribution is -2.27. The standard InChI is InChI=1S/C14H20O/c1-4-9-14(15,5-2)11-13-8-6-7-12(3)10-13/h4,6-10,15H,5,11H2,1-3H3. The van der Waals surface area contributed by atoms with Gasteiger partial charge >= 0.3 is 0 Å². The minimum Gasteiger partial charge on any atom is -0.385 e. The molecule has 1 rings (SSSR count). The molecular formula is C14H20O. The molecular weight excluding hydrogens is 184 g/mol. The summed E-state index contributed by atoms with van der Waals surface area (Å²) in [6.45, 7) is 6.02. The summed E-state index contributed by atoms with van der Waals surface area (Å²) in [5.74, 6) is 0. The number of hydrogen-bond donors (Lipinski definition) is 1. The SMILES string of the molecule is CC=CC(O)(CC)Cc1cccc(C)c1. The highest BCUT2D eigenvalue weighted by Gasteiger charge is 2.20. The molecule has 0 aliphatic heterocycles. The average Bonchev–Trinajstić information content (AvgIpc) is 2.18. The van der Waals surface area contributed by atoms with Gasteiger partial charge in [-0.1, -0.05) is 48.9 Å². The molecule has 1 heteroatoms. The molecule has 0 aromatic heterocycles. The summed E-state index contributed by atoms with van der Waals surface area (Å²) >= 11 is 0. The zero-order chi connectivity index (χ0) is 11.3. The molecule has 15 heavy (non-hydrogen) atoms. The lowest BCUT2D eigenvalue weighted by atomic mass is 9.91. The first-order chi connectivity index (χ1) is 7.09. The van der Waals surface area contributed by atoms with Gasteiger partial charge in [-0.05, 0) is 25.8 Å². The Hall–Kier alpha value is -1.08. The van der Waals surface area contributed by atoms with Crippen molar-refractivity contribution in [3.05, 3.63) is 47.5 Å². The van der Waals surface area contributed by atoms with Crippen LogP contribution in [-0.4, -0.2) is 10.7 Å². The largest absolute Gasteiger partial charge is 0.385 e. The van der Waals surface area contributed by atoms with Crippen LogP contribution in [0.4, 0.5) is 0 Å². The van der Waals surface area contributed by atoms with Crippen molar-refractivity contribution < 1.29 is 5.11 Å². The van der Waals surface area contributed by atoms with Crippen LogP contribution < -0.4 is 0 Å². The molecule has 1 atom stereocenters. The van der Waals surface area contributed by atoms with Gasteiger partial charge in [0, 0.05) is 6.42 Å². The van der Waals surface area contributed by atoms with E-state index in [9.17, 15) is 5.11 Å². The van der Waals surface area contributed by atoms with Crippen LogP contribution in [0.2, 0.25) is 0 Å². The van der Waals surface area contributed by atoms with Crippen LogP contribution in [0.1, 0.15) is 31.4 Å². The van der Waals surface area contributed by atoms with Gasteiger partial charge in [-0.3, -0.25) is 0 Å². The molecule has 0 aliphatic rings. The van der Waals surface area contributed by atoms with Crippen LogP contribution >= 0.6 is 0 Å². The second-order valence-electron chi connectivity index (χ2n) is 4.12. The fourth-order valence-electron chi connectivity index (χ4n) is 1.79. The minimum absolute atomic E-state index is 0.690. The number of aryl methyl sites for hydroxylation is 1.